The molecule has 0 aromatic rings. The van der Waals surface area contributed by atoms with Crippen LogP contribution in [0.3, 0.4) is 0 Å². The van der Waals surface area contributed by atoms with Crippen molar-refractivity contribution >= 4 is 12.1 Å². The molecule has 220 valence electrons. The molecule has 1 aliphatic rings. The van der Waals surface area contributed by atoms with Gasteiger partial charge >= 0.3 is 12.1 Å². The van der Waals surface area contributed by atoms with Gasteiger partial charge in [-0.2, -0.15) is 0 Å². The Hall–Kier alpha value is -1.90. The summed E-state index contributed by atoms with van der Waals surface area (Å²) < 4.78 is 23.9. The van der Waals surface area contributed by atoms with Crippen molar-refractivity contribution in [2.75, 3.05) is 20.2 Å². The molecule has 1 N–H and O–H groups in total. The molecule has 0 radical (unpaired) electrons. The van der Waals surface area contributed by atoms with Crippen LogP contribution in [0.4, 0.5) is 4.79 Å². The van der Waals surface area contributed by atoms with Gasteiger partial charge in [0, 0.05) is 32.5 Å². The molecule has 0 spiro atoms. The fourth-order valence-corrected chi connectivity index (χ4v) is 5.40. The number of carbonyl (C=O) groups excluding carboxylic acids is 1. The highest BCUT2D eigenvalue weighted by Crippen LogP contribution is 2.33. The average molecular weight is 540 g/mol. The minimum absolute atomic E-state index is 0.00536. The summed E-state index contributed by atoms with van der Waals surface area (Å²) in [6.45, 7) is 19.4. The van der Waals surface area contributed by atoms with Crippen LogP contribution in [-0.4, -0.2) is 78.4 Å². The third-order valence-electron chi connectivity index (χ3n) is 7.37. The van der Waals surface area contributed by atoms with Crippen LogP contribution < -0.4 is 0 Å². The second kappa shape index (κ2) is 16.3. The van der Waals surface area contributed by atoms with Crippen LogP contribution in [0, 0.1) is 11.8 Å². The summed E-state index contributed by atoms with van der Waals surface area (Å²) in [7, 11) is 1.72. The van der Waals surface area contributed by atoms with E-state index in [0.717, 1.165) is 18.4 Å². The van der Waals surface area contributed by atoms with Crippen LogP contribution in [0.2, 0.25) is 0 Å². The lowest BCUT2D eigenvalue weighted by atomic mass is 9.85. The van der Waals surface area contributed by atoms with Crippen molar-refractivity contribution in [1.82, 2.24) is 4.90 Å². The summed E-state index contributed by atoms with van der Waals surface area (Å²) in [4.78, 5) is 25.7. The number of hydrogen-bond acceptors (Lipinski definition) is 6. The van der Waals surface area contributed by atoms with E-state index in [1.54, 1.807) is 12.0 Å². The molecule has 1 amide bonds. The van der Waals surface area contributed by atoms with E-state index >= 15 is 0 Å². The van der Waals surface area contributed by atoms with Crippen LogP contribution in [-0.2, 0) is 23.7 Å². The first-order chi connectivity index (χ1) is 17.8. The summed E-state index contributed by atoms with van der Waals surface area (Å²) in [5, 5.41) is 9.36. The van der Waals surface area contributed by atoms with Crippen molar-refractivity contribution in [2.45, 2.75) is 124 Å². The van der Waals surface area contributed by atoms with Crippen molar-refractivity contribution in [3.05, 3.63) is 23.8 Å². The molecule has 1 unspecified atom stereocenters. The molecule has 8 heteroatoms. The van der Waals surface area contributed by atoms with Gasteiger partial charge in [0.1, 0.15) is 6.10 Å². The standard InChI is InChI=1S/C30H53NO7/c1-11-25(35-10)23(7)38-30(8,9)19-20(4)15-14-16-21(5)28-22(6)26(17-24(36-28)18-27(32)33)37-29(34)31(12-2)13-3/h14-16,20,22-26,28H,11-13,17-19H2,1-10H3,(H,32,33)/b15-14+,21-16+/t20-,22+,23?,24-,25+,26-,28-/m1/s1. The van der Waals surface area contributed by atoms with E-state index in [4.69, 9.17) is 18.9 Å². The topological polar surface area (TPSA) is 94.5 Å². The maximum Gasteiger partial charge on any atom is 0.410 e. The molecule has 7 atom stereocenters. The predicted molar refractivity (Wildman–Crippen MR) is 150 cm³/mol. The molecule has 8 nitrogen and oxygen atoms in total. The van der Waals surface area contributed by atoms with E-state index in [1.165, 1.54) is 0 Å². The molecule has 0 saturated carbocycles. The number of nitrogens with zero attached hydrogens (tertiary/aromatic N) is 1. The minimum Gasteiger partial charge on any atom is -0.481 e. The largest absolute Gasteiger partial charge is 0.481 e. The first-order valence-corrected chi connectivity index (χ1v) is 14.2. The molecule has 0 aromatic carbocycles. The zero-order valence-corrected chi connectivity index (χ0v) is 25.4. The summed E-state index contributed by atoms with van der Waals surface area (Å²) in [5.74, 6) is -0.763. The highest BCUT2D eigenvalue weighted by atomic mass is 16.6. The van der Waals surface area contributed by atoms with Gasteiger partial charge in [0.05, 0.1) is 36.4 Å². The second-order valence-electron chi connectivity index (χ2n) is 11.2. The van der Waals surface area contributed by atoms with Gasteiger partial charge < -0.3 is 29.0 Å². The molecule has 0 aromatic heterocycles. The van der Waals surface area contributed by atoms with Gasteiger partial charge in [-0.25, -0.2) is 4.79 Å². The van der Waals surface area contributed by atoms with Crippen molar-refractivity contribution < 1.29 is 33.6 Å². The van der Waals surface area contributed by atoms with E-state index in [2.05, 4.69) is 40.7 Å². The predicted octanol–water partition coefficient (Wildman–Crippen LogP) is 6.24. The van der Waals surface area contributed by atoms with Gasteiger partial charge in [-0.05, 0) is 65.9 Å². The molecule has 1 fully saturated rings. The van der Waals surface area contributed by atoms with Crippen molar-refractivity contribution in [3.8, 4) is 0 Å². The lowest BCUT2D eigenvalue weighted by Gasteiger charge is -2.40. The van der Waals surface area contributed by atoms with Crippen molar-refractivity contribution in [2.24, 2.45) is 11.8 Å². The fourth-order valence-electron chi connectivity index (χ4n) is 5.40. The first kappa shape index (κ1) is 34.1. The van der Waals surface area contributed by atoms with E-state index < -0.39 is 18.2 Å². The number of carboxylic acids is 1. The van der Waals surface area contributed by atoms with E-state index in [-0.39, 0.29) is 48.3 Å². The Kier molecular flexibility index (Phi) is 14.6. The van der Waals surface area contributed by atoms with E-state index in [9.17, 15) is 14.7 Å². The van der Waals surface area contributed by atoms with Crippen molar-refractivity contribution in [3.63, 3.8) is 0 Å². The number of methoxy groups -OCH3 is 1. The molecule has 1 saturated heterocycles. The molecule has 1 rings (SSSR count). The normalized spacial score (nSPS) is 25.2. The van der Waals surface area contributed by atoms with E-state index in [1.807, 2.05) is 39.8 Å². The minimum atomic E-state index is -0.928. The Morgan fingerprint density at radius 3 is 2.34 bits per heavy atom. The molecule has 1 heterocycles. The van der Waals surface area contributed by atoms with Gasteiger partial charge in [-0.1, -0.05) is 39.0 Å². The zero-order chi connectivity index (χ0) is 29.0. The highest BCUT2D eigenvalue weighted by molar-refractivity contribution is 5.68. The van der Waals surface area contributed by atoms with Crippen LogP contribution >= 0.6 is 0 Å². The zero-order valence-electron chi connectivity index (χ0n) is 25.4. The number of carbonyl (C=O) groups is 2. The van der Waals surface area contributed by atoms with Gasteiger partial charge in [-0.3, -0.25) is 4.79 Å². The second-order valence-corrected chi connectivity index (χ2v) is 11.2. The molecular formula is C30H53NO7. The third kappa shape index (κ3) is 11.1. The molecule has 0 aliphatic carbocycles. The average Bonchev–Trinajstić information content (AvgIpc) is 2.81. The molecule has 1 aliphatic heterocycles. The number of allylic oxidation sites excluding steroid dienone is 3. The number of rotatable bonds is 15. The SMILES string of the molecule is CC[C@H](OC)C(C)OC(C)(C)C[C@H](C)/C=C/C=C(\C)[C@H]1O[C@@H](CC(=O)O)C[C@@H](OC(=O)N(CC)CC)[C@@H]1C. The first-order valence-electron chi connectivity index (χ1n) is 14.2. The Balaban J connectivity index is 2.92. The summed E-state index contributed by atoms with van der Waals surface area (Å²) in [6, 6.07) is 0. The number of carboxylic acid groups (broad SMARTS) is 1. The van der Waals surface area contributed by atoms with Crippen LogP contribution in [0.5, 0.6) is 0 Å². The smallest absolute Gasteiger partial charge is 0.410 e. The summed E-state index contributed by atoms with van der Waals surface area (Å²) in [6.07, 6.45) is 6.60. The summed E-state index contributed by atoms with van der Waals surface area (Å²) >= 11 is 0. The number of amides is 1. The maximum atomic E-state index is 12.6. The summed E-state index contributed by atoms with van der Waals surface area (Å²) in [5.41, 5.74) is 0.663. The Morgan fingerprint density at radius 2 is 1.82 bits per heavy atom. The van der Waals surface area contributed by atoms with E-state index in [0.29, 0.717) is 19.5 Å². The molecular weight excluding hydrogens is 486 g/mol. The van der Waals surface area contributed by atoms with Gasteiger partial charge in [-0.15, -0.1) is 0 Å². The Morgan fingerprint density at radius 1 is 1.18 bits per heavy atom. The number of hydrogen-bond donors (Lipinski definition) is 1. The van der Waals surface area contributed by atoms with Crippen molar-refractivity contribution in [1.29, 1.82) is 0 Å². The van der Waals surface area contributed by atoms with Gasteiger partial charge in [0.15, 0.2) is 0 Å². The van der Waals surface area contributed by atoms with Gasteiger partial charge in [0.2, 0.25) is 0 Å². The Labute approximate surface area is 230 Å². The lowest BCUT2D eigenvalue weighted by Crippen LogP contribution is -2.47. The highest BCUT2D eigenvalue weighted by Gasteiger charge is 2.40. The number of ether oxygens (including phenoxy) is 4. The third-order valence-corrected chi connectivity index (χ3v) is 7.37. The van der Waals surface area contributed by atoms with Gasteiger partial charge in [0.25, 0.3) is 0 Å². The van der Waals surface area contributed by atoms with Crippen LogP contribution in [0.25, 0.3) is 0 Å². The van der Waals surface area contributed by atoms with Crippen LogP contribution in [0.1, 0.15) is 88.0 Å². The lowest BCUT2D eigenvalue weighted by molar-refractivity contribution is -0.151. The monoisotopic (exact) mass is 539 g/mol. The number of aliphatic carboxylic acids is 1. The molecule has 0 bridgehead atoms. The maximum absolute atomic E-state index is 12.6. The molecule has 38 heavy (non-hydrogen) atoms. The van der Waals surface area contributed by atoms with Crippen LogP contribution in [0.15, 0.2) is 23.8 Å². The quantitative estimate of drug-likeness (QED) is 0.246. The Bertz CT molecular complexity index is 785. The fraction of sp³-hybridized carbons (Fsp3) is 0.800.